The Morgan fingerprint density at radius 3 is 2.58 bits per heavy atom. The molecule has 1 aliphatic rings. The van der Waals surface area contributed by atoms with Crippen LogP contribution in [0.2, 0.25) is 0 Å². The maximum absolute atomic E-state index is 12.3. The van der Waals surface area contributed by atoms with Crippen LogP contribution in [-0.2, 0) is 16.1 Å². The van der Waals surface area contributed by atoms with Crippen molar-refractivity contribution in [2.45, 2.75) is 6.54 Å². The molecular weight excluding hydrogens is 392 g/mol. The summed E-state index contributed by atoms with van der Waals surface area (Å²) in [6, 6.07) is 22.5. The highest BCUT2D eigenvalue weighted by molar-refractivity contribution is 6.34. The van der Waals surface area contributed by atoms with Gasteiger partial charge in [0.05, 0.1) is 7.11 Å². The van der Waals surface area contributed by atoms with Crippen LogP contribution >= 0.6 is 0 Å². The van der Waals surface area contributed by atoms with Gasteiger partial charge in [-0.3, -0.25) is 9.59 Å². The fraction of sp³-hybridized carbons (Fsp3) is 0.120. The normalized spacial score (nSPS) is 13.5. The summed E-state index contributed by atoms with van der Waals surface area (Å²) in [5.41, 5.74) is 4.06. The summed E-state index contributed by atoms with van der Waals surface area (Å²) in [7, 11) is 1.53. The summed E-state index contributed by atoms with van der Waals surface area (Å²) in [4.78, 5) is 24.4. The smallest absolute Gasteiger partial charge is 0.258 e. The Labute approximate surface area is 180 Å². The molecule has 1 aliphatic heterocycles. The molecule has 1 heterocycles. The van der Waals surface area contributed by atoms with Crippen molar-refractivity contribution in [1.82, 2.24) is 5.32 Å². The Bertz CT molecular complexity index is 1140. The molecule has 2 N–H and O–H groups in total. The van der Waals surface area contributed by atoms with Gasteiger partial charge in [-0.2, -0.15) is 0 Å². The number of para-hydroxylation sites is 1. The molecule has 0 fully saturated rings. The first-order chi connectivity index (χ1) is 15.1. The van der Waals surface area contributed by atoms with E-state index in [-0.39, 0.29) is 18.4 Å². The van der Waals surface area contributed by atoms with Crippen LogP contribution in [0.15, 0.2) is 72.8 Å². The van der Waals surface area contributed by atoms with Crippen LogP contribution in [0.4, 0.5) is 5.69 Å². The van der Waals surface area contributed by atoms with Gasteiger partial charge < -0.3 is 20.1 Å². The van der Waals surface area contributed by atoms with Crippen molar-refractivity contribution in [1.29, 1.82) is 0 Å². The highest BCUT2D eigenvalue weighted by Crippen LogP contribution is 2.34. The minimum atomic E-state index is -0.226. The summed E-state index contributed by atoms with van der Waals surface area (Å²) < 4.78 is 11.1. The third-order valence-electron chi connectivity index (χ3n) is 4.90. The zero-order valence-electron chi connectivity index (χ0n) is 17.1. The molecule has 0 saturated heterocycles. The SMILES string of the molecule is COc1cc(/C=C2\C(=O)Nc3ccccc32)ccc1OCC(=O)NCc1ccccc1. The van der Waals surface area contributed by atoms with E-state index in [4.69, 9.17) is 9.47 Å². The molecule has 31 heavy (non-hydrogen) atoms. The first-order valence-electron chi connectivity index (χ1n) is 9.88. The predicted octanol–water partition coefficient (Wildman–Crippen LogP) is 3.88. The second-order valence-corrected chi connectivity index (χ2v) is 7.02. The van der Waals surface area contributed by atoms with Crippen molar-refractivity contribution in [3.63, 3.8) is 0 Å². The van der Waals surface area contributed by atoms with Gasteiger partial charge in [0.2, 0.25) is 0 Å². The minimum absolute atomic E-state index is 0.126. The number of nitrogens with one attached hydrogen (secondary N) is 2. The van der Waals surface area contributed by atoms with Gasteiger partial charge in [0.15, 0.2) is 18.1 Å². The second kappa shape index (κ2) is 9.17. The summed E-state index contributed by atoms with van der Waals surface area (Å²) in [5.74, 6) is 0.569. The van der Waals surface area contributed by atoms with Crippen molar-refractivity contribution >= 4 is 29.2 Å². The standard InChI is InChI=1S/C25H22N2O4/c1-30-23-14-18(13-20-19-9-5-6-10-21(19)27-25(20)29)11-12-22(23)31-16-24(28)26-15-17-7-3-2-4-8-17/h2-14H,15-16H2,1H3,(H,26,28)(H,27,29)/b20-13-. The lowest BCUT2D eigenvalue weighted by Gasteiger charge is -2.12. The third kappa shape index (κ3) is 4.75. The first kappa shape index (κ1) is 20.2. The number of ether oxygens (including phenoxy) is 2. The van der Waals surface area contributed by atoms with Crippen molar-refractivity contribution in [2.24, 2.45) is 0 Å². The van der Waals surface area contributed by atoms with Crippen molar-refractivity contribution in [2.75, 3.05) is 19.0 Å². The van der Waals surface area contributed by atoms with E-state index in [0.29, 0.717) is 23.6 Å². The topological polar surface area (TPSA) is 76.7 Å². The first-order valence-corrected chi connectivity index (χ1v) is 9.88. The van der Waals surface area contributed by atoms with E-state index in [0.717, 1.165) is 22.4 Å². The van der Waals surface area contributed by atoms with Gasteiger partial charge in [-0.15, -0.1) is 0 Å². The van der Waals surface area contributed by atoms with E-state index in [9.17, 15) is 9.59 Å². The Morgan fingerprint density at radius 1 is 1.00 bits per heavy atom. The van der Waals surface area contributed by atoms with Crippen LogP contribution in [0.5, 0.6) is 11.5 Å². The van der Waals surface area contributed by atoms with E-state index in [1.165, 1.54) is 7.11 Å². The van der Waals surface area contributed by atoms with Crippen LogP contribution in [0.1, 0.15) is 16.7 Å². The Morgan fingerprint density at radius 2 is 1.77 bits per heavy atom. The highest BCUT2D eigenvalue weighted by Gasteiger charge is 2.23. The fourth-order valence-corrected chi connectivity index (χ4v) is 3.33. The molecule has 0 aromatic heterocycles. The number of fused-ring (bicyclic) bond motifs is 1. The van der Waals surface area contributed by atoms with Crippen LogP contribution in [-0.4, -0.2) is 25.5 Å². The summed E-state index contributed by atoms with van der Waals surface area (Å²) in [6.45, 7) is 0.315. The average Bonchev–Trinajstić information content (AvgIpc) is 3.12. The van der Waals surface area contributed by atoms with Crippen molar-refractivity contribution in [3.8, 4) is 11.5 Å². The molecule has 3 aromatic carbocycles. The maximum Gasteiger partial charge on any atom is 0.258 e. The molecule has 0 unspecified atom stereocenters. The molecule has 4 rings (SSSR count). The van der Waals surface area contributed by atoms with Crippen LogP contribution in [0.3, 0.4) is 0 Å². The van der Waals surface area contributed by atoms with Gasteiger partial charge >= 0.3 is 0 Å². The number of carbonyl (C=O) groups is 2. The number of carbonyl (C=O) groups excluding carboxylic acids is 2. The minimum Gasteiger partial charge on any atom is -0.493 e. The second-order valence-electron chi connectivity index (χ2n) is 7.02. The van der Waals surface area contributed by atoms with Crippen LogP contribution < -0.4 is 20.1 Å². The lowest BCUT2D eigenvalue weighted by molar-refractivity contribution is -0.123. The molecule has 0 atom stereocenters. The third-order valence-corrected chi connectivity index (χ3v) is 4.90. The average molecular weight is 414 g/mol. The van der Waals surface area contributed by atoms with Gasteiger partial charge in [0.25, 0.3) is 11.8 Å². The molecule has 6 heteroatoms. The summed E-state index contributed by atoms with van der Waals surface area (Å²) >= 11 is 0. The highest BCUT2D eigenvalue weighted by atomic mass is 16.5. The lowest BCUT2D eigenvalue weighted by Crippen LogP contribution is -2.28. The van der Waals surface area contributed by atoms with Gasteiger partial charge in [-0.25, -0.2) is 0 Å². The number of benzene rings is 3. The van der Waals surface area contributed by atoms with E-state index in [2.05, 4.69) is 10.6 Å². The number of rotatable bonds is 7. The van der Waals surface area contributed by atoms with Gasteiger partial charge in [-0.1, -0.05) is 54.6 Å². The number of methoxy groups -OCH3 is 1. The summed E-state index contributed by atoms with van der Waals surface area (Å²) in [5, 5.41) is 5.68. The Hall–Kier alpha value is -4.06. The molecule has 0 radical (unpaired) electrons. The Kier molecular flexibility index (Phi) is 5.98. The van der Waals surface area contributed by atoms with Crippen molar-refractivity contribution in [3.05, 3.63) is 89.5 Å². The van der Waals surface area contributed by atoms with Gasteiger partial charge in [-0.05, 0) is 35.4 Å². The Balaban J connectivity index is 1.43. The van der Waals surface area contributed by atoms with E-state index < -0.39 is 0 Å². The molecule has 2 amide bonds. The quantitative estimate of drug-likeness (QED) is 0.575. The maximum atomic E-state index is 12.3. The number of anilines is 1. The van der Waals surface area contributed by atoms with E-state index >= 15 is 0 Å². The molecule has 0 saturated carbocycles. The van der Waals surface area contributed by atoms with Crippen molar-refractivity contribution < 1.29 is 19.1 Å². The molecule has 0 aliphatic carbocycles. The number of hydrogen-bond donors (Lipinski definition) is 2. The molecule has 3 aromatic rings. The zero-order chi connectivity index (χ0) is 21.6. The monoisotopic (exact) mass is 414 g/mol. The fourth-order valence-electron chi connectivity index (χ4n) is 3.33. The van der Waals surface area contributed by atoms with Gasteiger partial charge in [0, 0.05) is 23.4 Å². The predicted molar refractivity (Wildman–Crippen MR) is 120 cm³/mol. The molecular formula is C25H22N2O4. The number of hydrogen-bond acceptors (Lipinski definition) is 4. The zero-order valence-corrected chi connectivity index (χ0v) is 17.1. The molecule has 156 valence electrons. The lowest BCUT2D eigenvalue weighted by atomic mass is 10.0. The summed E-state index contributed by atoms with van der Waals surface area (Å²) in [6.07, 6.45) is 1.81. The van der Waals surface area contributed by atoms with E-state index in [1.807, 2.05) is 60.7 Å². The molecule has 0 bridgehead atoms. The van der Waals surface area contributed by atoms with E-state index in [1.54, 1.807) is 18.2 Å². The molecule has 0 spiro atoms. The van der Waals surface area contributed by atoms with Gasteiger partial charge in [0.1, 0.15) is 0 Å². The molecule has 6 nitrogen and oxygen atoms in total. The largest absolute Gasteiger partial charge is 0.493 e. The number of amides is 2. The van der Waals surface area contributed by atoms with Crippen LogP contribution in [0, 0.1) is 0 Å². The van der Waals surface area contributed by atoms with Crippen LogP contribution in [0.25, 0.3) is 11.6 Å².